The molecule has 1 aromatic rings. The van der Waals surface area contributed by atoms with Crippen LogP contribution in [0.4, 0.5) is 0 Å². The van der Waals surface area contributed by atoms with Gasteiger partial charge in [0.05, 0.1) is 5.75 Å². The van der Waals surface area contributed by atoms with E-state index in [0.717, 1.165) is 0 Å². The van der Waals surface area contributed by atoms with E-state index >= 15 is 0 Å². The molecule has 6 heteroatoms. The van der Waals surface area contributed by atoms with Gasteiger partial charge in [-0.25, -0.2) is 12.6 Å². The molecule has 0 aliphatic carbocycles. The van der Waals surface area contributed by atoms with Crippen molar-refractivity contribution >= 4 is 19.0 Å². The quantitative estimate of drug-likeness (QED) is 0.602. The minimum Gasteiger partial charge on any atom is -0.294 e. The lowest BCUT2D eigenvalue weighted by molar-refractivity contribution is 0.562. The van der Waals surface area contributed by atoms with E-state index in [4.69, 9.17) is 4.55 Å². The SMILES string of the molecule is O=S(O)S(=O)(=O)Cc1ccccc1. The van der Waals surface area contributed by atoms with Gasteiger partial charge in [0.1, 0.15) is 0 Å². The van der Waals surface area contributed by atoms with Crippen molar-refractivity contribution in [3.8, 4) is 0 Å². The summed E-state index contributed by atoms with van der Waals surface area (Å²) in [5, 5.41) is 0. The minimum absolute atomic E-state index is 0.406. The van der Waals surface area contributed by atoms with E-state index in [1.807, 2.05) is 0 Å². The lowest BCUT2D eigenvalue weighted by Crippen LogP contribution is -2.09. The topological polar surface area (TPSA) is 71.4 Å². The molecule has 4 nitrogen and oxygen atoms in total. The molecule has 0 saturated carbocycles. The van der Waals surface area contributed by atoms with Crippen LogP contribution in [0, 0.1) is 0 Å². The normalized spacial score (nSPS) is 13.9. The van der Waals surface area contributed by atoms with Gasteiger partial charge in [-0.05, 0) is 5.56 Å². The van der Waals surface area contributed by atoms with Crippen molar-refractivity contribution in [2.24, 2.45) is 0 Å². The van der Waals surface area contributed by atoms with Gasteiger partial charge >= 0.3 is 0 Å². The summed E-state index contributed by atoms with van der Waals surface area (Å²) in [6.45, 7) is 0. The van der Waals surface area contributed by atoms with Crippen molar-refractivity contribution in [2.75, 3.05) is 0 Å². The second-order valence-electron chi connectivity index (χ2n) is 2.40. The molecule has 1 atom stereocenters. The van der Waals surface area contributed by atoms with E-state index in [2.05, 4.69) is 0 Å². The fraction of sp³-hybridized carbons (Fsp3) is 0.143. The Bertz CT molecular complexity index is 396. The second kappa shape index (κ2) is 3.99. The van der Waals surface area contributed by atoms with Crippen LogP contribution >= 0.6 is 0 Å². The van der Waals surface area contributed by atoms with Crippen molar-refractivity contribution in [1.29, 1.82) is 0 Å². The van der Waals surface area contributed by atoms with Crippen molar-refractivity contribution in [2.45, 2.75) is 5.75 Å². The first-order valence-corrected chi connectivity index (χ1v) is 6.68. The molecule has 0 fully saturated rings. The van der Waals surface area contributed by atoms with Gasteiger partial charge in [0, 0.05) is 0 Å². The molecule has 1 unspecified atom stereocenters. The second-order valence-corrected chi connectivity index (χ2v) is 6.62. The van der Waals surface area contributed by atoms with Crippen LogP contribution < -0.4 is 0 Å². The third-order valence-electron chi connectivity index (χ3n) is 1.40. The van der Waals surface area contributed by atoms with Crippen molar-refractivity contribution in [3.63, 3.8) is 0 Å². The molecule has 1 N–H and O–H groups in total. The van der Waals surface area contributed by atoms with Crippen LogP contribution in [0.2, 0.25) is 0 Å². The highest BCUT2D eigenvalue weighted by atomic mass is 33.2. The van der Waals surface area contributed by atoms with Crippen LogP contribution in [0.5, 0.6) is 0 Å². The van der Waals surface area contributed by atoms with Crippen molar-refractivity contribution in [1.82, 2.24) is 0 Å². The molecule has 1 rings (SSSR count). The van der Waals surface area contributed by atoms with Crippen molar-refractivity contribution in [3.05, 3.63) is 35.9 Å². The molecule has 0 aliphatic rings. The zero-order chi connectivity index (χ0) is 9.90. The predicted molar refractivity (Wildman–Crippen MR) is 49.8 cm³/mol. The van der Waals surface area contributed by atoms with Gasteiger partial charge in [0.15, 0.2) is 0 Å². The molecule has 0 saturated heterocycles. The fourth-order valence-electron chi connectivity index (χ4n) is 0.829. The lowest BCUT2D eigenvalue weighted by Gasteiger charge is -1.98. The first kappa shape index (κ1) is 10.4. The van der Waals surface area contributed by atoms with Gasteiger partial charge in [0.2, 0.25) is 0 Å². The summed E-state index contributed by atoms with van der Waals surface area (Å²) in [5.41, 5.74) is 0.505. The number of benzene rings is 1. The summed E-state index contributed by atoms with van der Waals surface area (Å²) in [7, 11) is -6.73. The van der Waals surface area contributed by atoms with E-state index in [1.165, 1.54) is 0 Å². The molecule has 0 aliphatic heterocycles. The minimum atomic E-state index is -3.92. The molecule has 0 radical (unpaired) electrons. The molecule has 13 heavy (non-hydrogen) atoms. The van der Waals surface area contributed by atoms with Gasteiger partial charge in [-0.3, -0.25) is 4.55 Å². The summed E-state index contributed by atoms with van der Waals surface area (Å²) >= 11 is 0. The highest BCUT2D eigenvalue weighted by molar-refractivity contribution is 8.61. The molecule has 1 aromatic carbocycles. The van der Waals surface area contributed by atoms with Crippen LogP contribution in [0.3, 0.4) is 0 Å². The Kier molecular flexibility index (Phi) is 3.18. The largest absolute Gasteiger partial charge is 0.294 e. The highest BCUT2D eigenvalue weighted by Crippen LogP contribution is 2.07. The smallest absolute Gasteiger partial charge is 0.274 e. The predicted octanol–water partition coefficient (Wildman–Crippen LogP) is 0.738. The molecule has 0 heterocycles. The average molecular weight is 220 g/mol. The third-order valence-corrected chi connectivity index (χ3v) is 4.18. The summed E-state index contributed by atoms with van der Waals surface area (Å²) in [6.07, 6.45) is 0. The fourth-order valence-corrected chi connectivity index (χ4v) is 2.24. The maximum atomic E-state index is 10.9. The van der Waals surface area contributed by atoms with E-state index in [0.29, 0.717) is 5.56 Å². The van der Waals surface area contributed by atoms with E-state index < -0.39 is 24.7 Å². The monoisotopic (exact) mass is 220 g/mol. The van der Waals surface area contributed by atoms with E-state index in [9.17, 15) is 12.6 Å². The van der Waals surface area contributed by atoms with Crippen molar-refractivity contribution < 1.29 is 17.2 Å². The standard InChI is InChI=1S/C7H8O4S2/c8-12(9)13(10,11)6-7-4-2-1-3-5-7/h1-5H,6H2,(H,8,9). The Morgan fingerprint density at radius 1 is 1.23 bits per heavy atom. The van der Waals surface area contributed by atoms with Crippen LogP contribution in [-0.2, 0) is 24.7 Å². The van der Waals surface area contributed by atoms with Gasteiger partial charge in [0.25, 0.3) is 19.0 Å². The van der Waals surface area contributed by atoms with Gasteiger partial charge < -0.3 is 0 Å². The summed E-state index contributed by atoms with van der Waals surface area (Å²) in [6, 6.07) is 8.26. The molecular weight excluding hydrogens is 212 g/mol. The molecule has 0 amide bonds. The van der Waals surface area contributed by atoms with E-state index in [-0.39, 0.29) is 0 Å². The summed E-state index contributed by atoms with van der Waals surface area (Å²) < 4.78 is 40.7. The Morgan fingerprint density at radius 3 is 2.23 bits per heavy atom. The van der Waals surface area contributed by atoms with Gasteiger partial charge in [-0.15, -0.1) is 0 Å². The maximum Gasteiger partial charge on any atom is 0.274 e. The van der Waals surface area contributed by atoms with Crippen LogP contribution in [0.15, 0.2) is 30.3 Å². The molecule has 0 spiro atoms. The number of hydrogen-bond donors (Lipinski definition) is 1. The van der Waals surface area contributed by atoms with Crippen LogP contribution in [-0.4, -0.2) is 17.2 Å². The number of hydrogen-bond acceptors (Lipinski definition) is 3. The lowest BCUT2D eigenvalue weighted by atomic mass is 10.2. The Morgan fingerprint density at radius 2 is 1.77 bits per heavy atom. The van der Waals surface area contributed by atoms with Gasteiger partial charge in [-0.1, -0.05) is 30.3 Å². The van der Waals surface area contributed by atoms with E-state index in [1.54, 1.807) is 30.3 Å². The summed E-state index contributed by atoms with van der Waals surface area (Å²) in [4.78, 5) is 0. The maximum absolute atomic E-state index is 10.9. The Balaban J connectivity index is 2.88. The molecule has 72 valence electrons. The van der Waals surface area contributed by atoms with Crippen LogP contribution in [0.1, 0.15) is 5.56 Å². The zero-order valence-electron chi connectivity index (χ0n) is 6.58. The first-order valence-electron chi connectivity index (χ1n) is 3.40. The Hall–Kier alpha value is -0.720. The molecule has 0 aromatic heterocycles. The van der Waals surface area contributed by atoms with Crippen LogP contribution in [0.25, 0.3) is 0 Å². The number of rotatable bonds is 3. The summed E-state index contributed by atoms with van der Waals surface area (Å²) in [5.74, 6) is -0.406. The zero-order valence-corrected chi connectivity index (χ0v) is 8.22. The third kappa shape index (κ3) is 2.91. The molecule has 0 bridgehead atoms. The highest BCUT2D eigenvalue weighted by Gasteiger charge is 2.18. The Labute approximate surface area is 78.2 Å². The average Bonchev–Trinajstić information content (AvgIpc) is 2.05. The molecular formula is C7H8O4S2. The first-order chi connectivity index (χ1) is 6.02. The van der Waals surface area contributed by atoms with Gasteiger partial charge in [-0.2, -0.15) is 0 Å².